The van der Waals surface area contributed by atoms with Crippen molar-refractivity contribution in [1.29, 1.82) is 0 Å². The third-order valence-corrected chi connectivity index (χ3v) is 2.98. The Morgan fingerprint density at radius 3 is 2.47 bits per heavy atom. The lowest BCUT2D eigenvalue weighted by atomic mass is 10.0. The van der Waals surface area contributed by atoms with Crippen LogP contribution < -0.4 is 0 Å². The van der Waals surface area contributed by atoms with Crippen molar-refractivity contribution in [3.05, 3.63) is 46.4 Å². The number of carbonyl (C=O) groups is 1. The molecule has 0 unspecified atom stereocenters. The van der Waals surface area contributed by atoms with Crippen molar-refractivity contribution in [3.8, 4) is 0 Å². The molecular formula is C12H8BrFO. The molecule has 0 saturated carbocycles. The van der Waals surface area contributed by atoms with Crippen LogP contribution in [0, 0.1) is 0 Å². The summed E-state index contributed by atoms with van der Waals surface area (Å²) in [5.41, 5.74) is 0.441. The largest absolute Gasteiger partial charge is 0.291 e. The van der Waals surface area contributed by atoms with E-state index in [1.807, 2.05) is 24.3 Å². The third kappa shape index (κ3) is 1.79. The van der Waals surface area contributed by atoms with E-state index in [2.05, 4.69) is 15.9 Å². The minimum absolute atomic E-state index is 0.441. The minimum atomic E-state index is -0.953. The first-order chi connectivity index (χ1) is 7.24. The number of fused-ring (bicyclic) bond motifs is 1. The Morgan fingerprint density at radius 2 is 1.80 bits per heavy atom. The fourth-order valence-corrected chi connectivity index (χ4v) is 2.06. The molecule has 3 heteroatoms. The van der Waals surface area contributed by atoms with Gasteiger partial charge in [-0.15, -0.1) is 0 Å². The standard InChI is InChI=1S/C12H8BrFO/c13-11-6-5-10(12(15)7-14)8-3-1-2-4-9(8)11/h1-6H,7H2. The number of carbonyl (C=O) groups excluding carboxylic acids is 1. The van der Waals surface area contributed by atoms with Gasteiger partial charge in [0.25, 0.3) is 0 Å². The SMILES string of the molecule is O=C(CF)c1ccc(Br)c2ccccc12. The Labute approximate surface area is 95.0 Å². The molecular weight excluding hydrogens is 259 g/mol. The van der Waals surface area contributed by atoms with E-state index < -0.39 is 12.5 Å². The van der Waals surface area contributed by atoms with E-state index in [1.54, 1.807) is 12.1 Å². The summed E-state index contributed by atoms with van der Waals surface area (Å²) < 4.78 is 13.3. The number of rotatable bonds is 2. The lowest BCUT2D eigenvalue weighted by Crippen LogP contribution is -2.01. The molecule has 2 rings (SSSR count). The van der Waals surface area contributed by atoms with Gasteiger partial charge in [-0.25, -0.2) is 4.39 Å². The average molecular weight is 267 g/mol. The molecule has 2 aromatic rings. The van der Waals surface area contributed by atoms with E-state index in [4.69, 9.17) is 0 Å². The Kier molecular flexibility index (Phi) is 2.82. The highest BCUT2D eigenvalue weighted by molar-refractivity contribution is 9.10. The summed E-state index contributed by atoms with van der Waals surface area (Å²) in [6, 6.07) is 10.9. The van der Waals surface area contributed by atoms with Gasteiger partial charge in [0.15, 0.2) is 12.5 Å². The zero-order valence-electron chi connectivity index (χ0n) is 7.84. The molecule has 0 aliphatic carbocycles. The van der Waals surface area contributed by atoms with Crippen LogP contribution in [0.3, 0.4) is 0 Å². The van der Waals surface area contributed by atoms with Crippen LogP contribution >= 0.6 is 15.9 Å². The Morgan fingerprint density at radius 1 is 1.13 bits per heavy atom. The fourth-order valence-electron chi connectivity index (χ4n) is 1.58. The molecule has 0 fully saturated rings. The van der Waals surface area contributed by atoms with Crippen LogP contribution in [-0.2, 0) is 0 Å². The monoisotopic (exact) mass is 266 g/mol. The number of halogens is 2. The first-order valence-corrected chi connectivity index (χ1v) is 5.29. The lowest BCUT2D eigenvalue weighted by Gasteiger charge is -2.05. The van der Waals surface area contributed by atoms with Crippen molar-refractivity contribution in [1.82, 2.24) is 0 Å². The van der Waals surface area contributed by atoms with Gasteiger partial charge in [0.1, 0.15) is 0 Å². The molecule has 0 radical (unpaired) electrons. The summed E-state index contributed by atoms with van der Waals surface area (Å²) in [6.07, 6.45) is 0. The summed E-state index contributed by atoms with van der Waals surface area (Å²) in [4.78, 5) is 11.3. The van der Waals surface area contributed by atoms with Crippen molar-refractivity contribution in [2.75, 3.05) is 6.67 Å². The van der Waals surface area contributed by atoms with Crippen molar-refractivity contribution in [3.63, 3.8) is 0 Å². The van der Waals surface area contributed by atoms with Gasteiger partial charge in [0.05, 0.1) is 0 Å². The van der Waals surface area contributed by atoms with Crippen LogP contribution in [0.1, 0.15) is 10.4 Å². The summed E-state index contributed by atoms with van der Waals surface area (Å²) in [5, 5.41) is 1.71. The number of alkyl halides is 1. The topological polar surface area (TPSA) is 17.1 Å². The van der Waals surface area contributed by atoms with Gasteiger partial charge in [-0.3, -0.25) is 4.79 Å². The van der Waals surface area contributed by atoms with Gasteiger partial charge in [-0.05, 0) is 22.9 Å². The highest BCUT2D eigenvalue weighted by Crippen LogP contribution is 2.27. The van der Waals surface area contributed by atoms with Gasteiger partial charge in [-0.2, -0.15) is 0 Å². The number of ketones is 1. The highest BCUT2D eigenvalue weighted by atomic mass is 79.9. The molecule has 76 valence electrons. The zero-order valence-corrected chi connectivity index (χ0v) is 9.42. The number of hydrogen-bond donors (Lipinski definition) is 0. The lowest BCUT2D eigenvalue weighted by molar-refractivity contribution is 0.0960. The first-order valence-electron chi connectivity index (χ1n) is 4.50. The van der Waals surface area contributed by atoms with Crippen molar-refractivity contribution in [2.45, 2.75) is 0 Å². The maximum atomic E-state index is 12.3. The summed E-state index contributed by atoms with van der Waals surface area (Å²) in [5.74, 6) is -0.473. The normalized spacial score (nSPS) is 10.5. The van der Waals surface area contributed by atoms with E-state index >= 15 is 0 Å². The molecule has 15 heavy (non-hydrogen) atoms. The van der Waals surface area contributed by atoms with Crippen molar-refractivity contribution in [2.24, 2.45) is 0 Å². The highest BCUT2D eigenvalue weighted by Gasteiger charge is 2.10. The zero-order chi connectivity index (χ0) is 10.8. The molecule has 0 aliphatic heterocycles. The van der Waals surface area contributed by atoms with E-state index in [0.717, 1.165) is 15.2 Å². The quantitative estimate of drug-likeness (QED) is 0.757. The Bertz CT molecular complexity index is 522. The predicted molar refractivity (Wildman–Crippen MR) is 62.0 cm³/mol. The predicted octanol–water partition coefficient (Wildman–Crippen LogP) is 3.75. The van der Waals surface area contributed by atoms with Gasteiger partial charge < -0.3 is 0 Å². The van der Waals surface area contributed by atoms with Gasteiger partial charge in [0.2, 0.25) is 0 Å². The Balaban J connectivity index is 2.77. The molecule has 0 aromatic heterocycles. The molecule has 0 aliphatic rings. The Hall–Kier alpha value is -1.22. The van der Waals surface area contributed by atoms with Gasteiger partial charge in [-0.1, -0.05) is 40.2 Å². The summed E-state index contributed by atoms with van der Waals surface area (Å²) >= 11 is 3.40. The van der Waals surface area contributed by atoms with E-state index in [-0.39, 0.29) is 0 Å². The molecule has 0 N–H and O–H groups in total. The molecule has 0 amide bonds. The second-order valence-electron chi connectivity index (χ2n) is 3.20. The number of hydrogen-bond acceptors (Lipinski definition) is 1. The van der Waals surface area contributed by atoms with Crippen molar-refractivity contribution < 1.29 is 9.18 Å². The molecule has 0 bridgehead atoms. The number of Topliss-reactive ketones (excluding diaryl/α,β-unsaturated/α-hetero) is 1. The molecule has 1 nitrogen and oxygen atoms in total. The van der Waals surface area contributed by atoms with Crippen LogP contribution in [0.4, 0.5) is 4.39 Å². The molecule has 0 heterocycles. The molecule has 0 atom stereocenters. The van der Waals surface area contributed by atoms with Crippen LogP contribution in [-0.4, -0.2) is 12.5 Å². The third-order valence-electron chi connectivity index (χ3n) is 2.29. The molecule has 2 aromatic carbocycles. The van der Waals surface area contributed by atoms with Crippen LogP contribution in [0.15, 0.2) is 40.9 Å². The second-order valence-corrected chi connectivity index (χ2v) is 4.05. The van der Waals surface area contributed by atoms with E-state index in [0.29, 0.717) is 5.56 Å². The van der Waals surface area contributed by atoms with Crippen LogP contribution in [0.2, 0.25) is 0 Å². The smallest absolute Gasteiger partial charge is 0.194 e. The second kappa shape index (κ2) is 4.11. The fraction of sp³-hybridized carbons (Fsp3) is 0.0833. The molecule has 0 saturated heterocycles. The van der Waals surface area contributed by atoms with Gasteiger partial charge >= 0.3 is 0 Å². The van der Waals surface area contributed by atoms with E-state index in [1.165, 1.54) is 0 Å². The summed E-state index contributed by atoms with van der Waals surface area (Å²) in [7, 11) is 0. The first kappa shape index (κ1) is 10.3. The maximum absolute atomic E-state index is 12.3. The average Bonchev–Trinajstić information content (AvgIpc) is 2.29. The molecule has 0 spiro atoms. The van der Waals surface area contributed by atoms with Gasteiger partial charge in [0, 0.05) is 10.0 Å². The van der Waals surface area contributed by atoms with E-state index in [9.17, 15) is 9.18 Å². The minimum Gasteiger partial charge on any atom is -0.291 e. The number of benzene rings is 2. The summed E-state index contributed by atoms with van der Waals surface area (Å²) in [6.45, 7) is -0.953. The van der Waals surface area contributed by atoms with Crippen molar-refractivity contribution >= 4 is 32.5 Å². The maximum Gasteiger partial charge on any atom is 0.194 e. The van der Waals surface area contributed by atoms with Crippen LogP contribution in [0.5, 0.6) is 0 Å². The van der Waals surface area contributed by atoms with Crippen LogP contribution in [0.25, 0.3) is 10.8 Å².